The van der Waals surface area contributed by atoms with E-state index in [0.29, 0.717) is 0 Å². The Morgan fingerprint density at radius 1 is 0.524 bits per heavy atom. The van der Waals surface area contributed by atoms with E-state index < -0.39 is 0 Å². The van der Waals surface area contributed by atoms with Crippen LogP contribution in [0.5, 0.6) is 0 Å². The molecule has 0 aliphatic carbocycles. The Kier molecular flexibility index (Phi) is 2.39. The monoisotopic (exact) mass is 272 g/mol. The van der Waals surface area contributed by atoms with Crippen LogP contribution in [0.25, 0.3) is 32.3 Å². The molecule has 0 aromatic heterocycles. The van der Waals surface area contributed by atoms with E-state index in [1.54, 1.807) is 0 Å². The summed E-state index contributed by atoms with van der Waals surface area (Å²) in [5, 5.41) is 8.55. The summed E-state index contributed by atoms with van der Waals surface area (Å²) in [5.41, 5.74) is 6.96. The highest BCUT2D eigenvalue weighted by Crippen LogP contribution is 2.40. The summed E-state index contributed by atoms with van der Waals surface area (Å²) in [6.45, 7) is 11.2. The van der Waals surface area contributed by atoms with Crippen molar-refractivity contribution >= 4 is 32.3 Å². The summed E-state index contributed by atoms with van der Waals surface area (Å²) >= 11 is 0. The number of rotatable bonds is 0. The molecule has 0 heterocycles. The van der Waals surface area contributed by atoms with Gasteiger partial charge in [-0.1, -0.05) is 30.3 Å². The Morgan fingerprint density at radius 2 is 1.14 bits per heavy atom. The predicted molar refractivity (Wildman–Crippen MR) is 93.8 cm³/mol. The van der Waals surface area contributed by atoms with Gasteiger partial charge in [0.1, 0.15) is 0 Å². The van der Waals surface area contributed by atoms with E-state index in [4.69, 9.17) is 0 Å². The molecule has 0 aliphatic rings. The maximum atomic E-state index is 2.36. The van der Waals surface area contributed by atoms with Crippen LogP contribution in [0.2, 0.25) is 0 Å². The molecule has 0 aliphatic heterocycles. The van der Waals surface area contributed by atoms with Crippen LogP contribution in [0.1, 0.15) is 27.8 Å². The fourth-order valence-electron chi connectivity index (χ4n) is 4.03. The molecule has 0 N–H and O–H groups in total. The van der Waals surface area contributed by atoms with E-state index in [-0.39, 0.29) is 0 Å². The molecule has 0 spiro atoms. The van der Waals surface area contributed by atoms with Crippen LogP contribution in [-0.4, -0.2) is 0 Å². The third-order valence-electron chi connectivity index (χ3n) is 5.13. The van der Waals surface area contributed by atoms with Gasteiger partial charge in [-0.05, 0) is 94.8 Å². The summed E-state index contributed by atoms with van der Waals surface area (Å²) in [4.78, 5) is 0. The van der Waals surface area contributed by atoms with Crippen molar-refractivity contribution in [1.82, 2.24) is 0 Å². The zero-order valence-electron chi connectivity index (χ0n) is 13.4. The van der Waals surface area contributed by atoms with Crippen molar-refractivity contribution in [2.24, 2.45) is 0 Å². The molecule has 0 unspecified atom stereocenters. The topological polar surface area (TPSA) is 0 Å². The lowest BCUT2D eigenvalue weighted by Crippen LogP contribution is -1.94. The van der Waals surface area contributed by atoms with Crippen molar-refractivity contribution in [2.75, 3.05) is 0 Å². The Hall–Kier alpha value is -2.08. The van der Waals surface area contributed by atoms with Crippen LogP contribution in [0.15, 0.2) is 30.3 Å². The van der Waals surface area contributed by atoms with Gasteiger partial charge in [0.15, 0.2) is 0 Å². The molecule has 4 aromatic carbocycles. The first-order valence-corrected chi connectivity index (χ1v) is 7.64. The number of hydrogen-bond donors (Lipinski definition) is 0. The van der Waals surface area contributed by atoms with E-state index in [1.807, 2.05) is 0 Å². The zero-order valence-corrected chi connectivity index (χ0v) is 13.4. The van der Waals surface area contributed by atoms with Gasteiger partial charge in [-0.15, -0.1) is 0 Å². The SMILES string of the molecule is Cc1cc2cc(C)c3c(C)cc(C)c4ccc(c1C)c2c43. The molecule has 0 radical (unpaired) electrons. The first-order valence-electron chi connectivity index (χ1n) is 7.64. The van der Waals surface area contributed by atoms with Gasteiger partial charge in [0.05, 0.1) is 0 Å². The first-order chi connectivity index (χ1) is 9.99. The van der Waals surface area contributed by atoms with Crippen molar-refractivity contribution in [3.05, 3.63) is 58.1 Å². The molecule has 21 heavy (non-hydrogen) atoms. The molecule has 0 heteroatoms. The van der Waals surface area contributed by atoms with Gasteiger partial charge in [-0.2, -0.15) is 0 Å². The van der Waals surface area contributed by atoms with Crippen molar-refractivity contribution in [3.8, 4) is 0 Å². The third kappa shape index (κ3) is 1.51. The minimum absolute atomic E-state index is 1.38. The second-order valence-electron chi connectivity index (χ2n) is 6.53. The molecule has 0 saturated carbocycles. The fraction of sp³-hybridized carbons (Fsp3) is 0.238. The van der Waals surface area contributed by atoms with E-state index in [0.717, 1.165) is 0 Å². The van der Waals surface area contributed by atoms with E-state index in [9.17, 15) is 0 Å². The number of benzene rings is 4. The average Bonchev–Trinajstić information content (AvgIpc) is 2.43. The van der Waals surface area contributed by atoms with Gasteiger partial charge in [0.2, 0.25) is 0 Å². The van der Waals surface area contributed by atoms with E-state index >= 15 is 0 Å². The normalized spacial score (nSPS) is 12.0. The summed E-state index contributed by atoms with van der Waals surface area (Å²) in [5.74, 6) is 0. The van der Waals surface area contributed by atoms with Gasteiger partial charge in [0, 0.05) is 0 Å². The second-order valence-corrected chi connectivity index (χ2v) is 6.53. The molecule has 0 bridgehead atoms. The molecular formula is C21H20. The van der Waals surface area contributed by atoms with Crippen molar-refractivity contribution in [3.63, 3.8) is 0 Å². The molecule has 0 saturated heterocycles. The smallest absolute Gasteiger partial charge is 0.00187 e. The van der Waals surface area contributed by atoms with Gasteiger partial charge in [-0.3, -0.25) is 0 Å². The van der Waals surface area contributed by atoms with Gasteiger partial charge in [0.25, 0.3) is 0 Å². The minimum Gasteiger partial charge on any atom is -0.0551 e. The lowest BCUT2D eigenvalue weighted by Gasteiger charge is -2.18. The Bertz CT molecular complexity index is 1020. The second kappa shape index (κ2) is 3.98. The lowest BCUT2D eigenvalue weighted by molar-refractivity contribution is 1.38. The van der Waals surface area contributed by atoms with Crippen LogP contribution in [0.3, 0.4) is 0 Å². The van der Waals surface area contributed by atoms with Crippen LogP contribution < -0.4 is 0 Å². The van der Waals surface area contributed by atoms with E-state index in [1.165, 1.54) is 60.1 Å². The Morgan fingerprint density at radius 3 is 1.90 bits per heavy atom. The van der Waals surface area contributed by atoms with Crippen molar-refractivity contribution in [1.29, 1.82) is 0 Å². The summed E-state index contributed by atoms with van der Waals surface area (Å²) in [6.07, 6.45) is 0. The van der Waals surface area contributed by atoms with Crippen LogP contribution in [0, 0.1) is 34.6 Å². The van der Waals surface area contributed by atoms with Crippen LogP contribution in [-0.2, 0) is 0 Å². The maximum Gasteiger partial charge on any atom is -0.00187 e. The third-order valence-corrected chi connectivity index (χ3v) is 5.13. The number of hydrogen-bond acceptors (Lipinski definition) is 0. The fourth-order valence-corrected chi connectivity index (χ4v) is 4.03. The molecule has 0 fully saturated rings. The van der Waals surface area contributed by atoms with E-state index in [2.05, 4.69) is 65.0 Å². The summed E-state index contributed by atoms with van der Waals surface area (Å²) in [6, 6.07) is 11.7. The van der Waals surface area contributed by atoms with Crippen molar-refractivity contribution < 1.29 is 0 Å². The van der Waals surface area contributed by atoms with Gasteiger partial charge >= 0.3 is 0 Å². The zero-order chi connectivity index (χ0) is 14.9. The Balaban J connectivity index is 2.48. The van der Waals surface area contributed by atoms with Crippen molar-refractivity contribution in [2.45, 2.75) is 34.6 Å². The summed E-state index contributed by atoms with van der Waals surface area (Å²) in [7, 11) is 0. The highest BCUT2D eigenvalue weighted by molar-refractivity contribution is 6.25. The molecule has 0 nitrogen and oxygen atoms in total. The lowest BCUT2D eigenvalue weighted by atomic mass is 9.85. The molecule has 4 aromatic rings. The van der Waals surface area contributed by atoms with Gasteiger partial charge in [-0.25, -0.2) is 0 Å². The molecule has 0 amide bonds. The molecular weight excluding hydrogens is 252 g/mol. The van der Waals surface area contributed by atoms with Crippen LogP contribution >= 0.6 is 0 Å². The predicted octanol–water partition coefficient (Wildman–Crippen LogP) is 6.13. The highest BCUT2D eigenvalue weighted by Gasteiger charge is 2.15. The Labute approximate surface area is 125 Å². The standard InChI is InChI=1S/C21H20/c1-11-9-16-10-14(4)19-13(3)8-12(2)17-6-7-18(15(11)5)20(16)21(17)19/h6-10H,1-5H3. The largest absolute Gasteiger partial charge is 0.0551 e. The molecule has 4 rings (SSSR count). The molecule has 104 valence electrons. The first kappa shape index (κ1) is 12.6. The highest BCUT2D eigenvalue weighted by atomic mass is 14.2. The number of aryl methyl sites for hydroxylation is 5. The minimum atomic E-state index is 1.38. The van der Waals surface area contributed by atoms with Gasteiger partial charge < -0.3 is 0 Å². The quantitative estimate of drug-likeness (QED) is 0.338. The maximum absolute atomic E-state index is 2.36. The summed E-state index contributed by atoms with van der Waals surface area (Å²) < 4.78 is 0. The van der Waals surface area contributed by atoms with Crippen LogP contribution in [0.4, 0.5) is 0 Å². The molecule has 0 atom stereocenters. The average molecular weight is 272 g/mol.